The molecule has 0 atom stereocenters. The van der Waals surface area contributed by atoms with Gasteiger partial charge in [-0.05, 0) is 55.6 Å². The van der Waals surface area contributed by atoms with Crippen LogP contribution in [-0.4, -0.2) is 39.2 Å². The topological polar surface area (TPSA) is 47.4 Å². The van der Waals surface area contributed by atoms with Gasteiger partial charge in [0.2, 0.25) is 0 Å². The monoisotopic (exact) mass is 379 g/mol. The van der Waals surface area contributed by atoms with Crippen molar-refractivity contribution in [3.8, 4) is 0 Å². The fraction of sp³-hybridized carbons (Fsp3) is 0.529. The van der Waals surface area contributed by atoms with Gasteiger partial charge in [-0.15, -0.1) is 0 Å². The summed E-state index contributed by atoms with van der Waals surface area (Å²) in [4.78, 5) is 18.2. The third kappa shape index (κ3) is 3.52. The van der Waals surface area contributed by atoms with Gasteiger partial charge < -0.3 is 14.2 Å². The van der Waals surface area contributed by atoms with E-state index in [0.29, 0.717) is 6.04 Å². The molecule has 5 nitrogen and oxygen atoms in total. The second kappa shape index (κ2) is 6.15. The molecule has 2 aromatic heterocycles. The van der Waals surface area contributed by atoms with Gasteiger partial charge in [-0.25, -0.2) is 4.79 Å². The van der Waals surface area contributed by atoms with Crippen LogP contribution in [0.1, 0.15) is 39.7 Å². The van der Waals surface area contributed by atoms with Crippen LogP contribution >= 0.6 is 15.9 Å². The number of piperidine rings is 1. The summed E-state index contributed by atoms with van der Waals surface area (Å²) in [7, 11) is 0. The van der Waals surface area contributed by atoms with Crippen LogP contribution < -0.4 is 0 Å². The molecule has 1 amide bonds. The Hall–Kier alpha value is -1.56. The lowest BCUT2D eigenvalue weighted by Gasteiger charge is -2.34. The van der Waals surface area contributed by atoms with Gasteiger partial charge in [0.15, 0.2) is 0 Å². The van der Waals surface area contributed by atoms with Gasteiger partial charge in [0.1, 0.15) is 5.60 Å². The molecule has 2 aromatic rings. The molecule has 23 heavy (non-hydrogen) atoms. The summed E-state index contributed by atoms with van der Waals surface area (Å²) in [5.74, 6) is 0. The molecule has 124 valence electrons. The van der Waals surface area contributed by atoms with Gasteiger partial charge in [0, 0.05) is 41.4 Å². The maximum atomic E-state index is 12.1. The van der Waals surface area contributed by atoms with Crippen LogP contribution in [0, 0.1) is 0 Å². The van der Waals surface area contributed by atoms with Gasteiger partial charge in [-0.2, -0.15) is 0 Å². The second-order valence-corrected chi connectivity index (χ2v) is 7.83. The Balaban J connectivity index is 1.69. The molecule has 3 heterocycles. The van der Waals surface area contributed by atoms with Crippen molar-refractivity contribution in [2.75, 3.05) is 13.1 Å². The maximum Gasteiger partial charge on any atom is 0.410 e. The zero-order valence-electron chi connectivity index (χ0n) is 13.8. The van der Waals surface area contributed by atoms with Gasteiger partial charge in [0.05, 0.1) is 11.7 Å². The molecule has 1 aliphatic heterocycles. The number of rotatable bonds is 1. The molecule has 0 saturated carbocycles. The van der Waals surface area contributed by atoms with E-state index in [1.54, 1.807) is 0 Å². The van der Waals surface area contributed by atoms with E-state index in [1.165, 1.54) is 5.39 Å². The highest BCUT2D eigenvalue weighted by Crippen LogP contribution is 2.30. The van der Waals surface area contributed by atoms with Gasteiger partial charge >= 0.3 is 6.09 Å². The molecule has 0 unspecified atom stereocenters. The molecule has 0 N–H and O–H groups in total. The number of amides is 1. The number of carbonyl (C=O) groups excluding carboxylic acids is 1. The number of nitrogens with zero attached hydrogens (tertiary/aromatic N) is 3. The second-order valence-electron chi connectivity index (χ2n) is 6.98. The quantitative estimate of drug-likeness (QED) is 0.738. The van der Waals surface area contributed by atoms with Crippen LogP contribution in [0.15, 0.2) is 29.1 Å². The van der Waals surface area contributed by atoms with E-state index in [4.69, 9.17) is 4.74 Å². The van der Waals surface area contributed by atoms with E-state index < -0.39 is 5.60 Å². The molecule has 1 aliphatic rings. The molecular formula is C17H22BrN3O2. The molecular weight excluding hydrogens is 358 g/mol. The number of fused-ring (bicyclic) bond motifs is 1. The molecule has 0 radical (unpaired) electrons. The van der Waals surface area contributed by atoms with E-state index in [0.717, 1.165) is 35.9 Å². The van der Waals surface area contributed by atoms with Crippen molar-refractivity contribution < 1.29 is 9.53 Å². The van der Waals surface area contributed by atoms with Crippen LogP contribution in [0.2, 0.25) is 0 Å². The number of likely N-dealkylation sites (tertiary alicyclic amines) is 1. The van der Waals surface area contributed by atoms with Crippen molar-refractivity contribution in [2.24, 2.45) is 0 Å². The fourth-order valence-electron chi connectivity index (χ4n) is 3.01. The Morgan fingerprint density at radius 3 is 2.65 bits per heavy atom. The lowest BCUT2D eigenvalue weighted by atomic mass is 10.1. The van der Waals surface area contributed by atoms with E-state index in [1.807, 2.05) is 38.1 Å². The third-order valence-corrected chi connectivity index (χ3v) is 4.74. The summed E-state index contributed by atoms with van der Waals surface area (Å²) in [6.07, 6.45) is 7.48. The first-order valence-electron chi connectivity index (χ1n) is 7.93. The minimum atomic E-state index is -0.442. The number of carbonyl (C=O) groups is 1. The van der Waals surface area contributed by atoms with Gasteiger partial charge in [-0.1, -0.05) is 0 Å². The van der Waals surface area contributed by atoms with E-state index >= 15 is 0 Å². The van der Waals surface area contributed by atoms with Crippen LogP contribution in [0.4, 0.5) is 4.79 Å². The van der Waals surface area contributed by atoms with Crippen LogP contribution in [0.3, 0.4) is 0 Å². The zero-order chi connectivity index (χ0) is 16.6. The molecule has 0 aromatic carbocycles. The lowest BCUT2D eigenvalue weighted by Crippen LogP contribution is -2.42. The summed E-state index contributed by atoms with van der Waals surface area (Å²) in [6, 6.07) is 2.50. The molecule has 6 heteroatoms. The first-order valence-corrected chi connectivity index (χ1v) is 8.72. The first-order chi connectivity index (χ1) is 10.8. The van der Waals surface area contributed by atoms with Crippen LogP contribution in [0.25, 0.3) is 10.9 Å². The molecule has 0 aliphatic carbocycles. The highest BCUT2D eigenvalue weighted by molar-refractivity contribution is 9.10. The third-order valence-electron chi connectivity index (χ3n) is 4.11. The van der Waals surface area contributed by atoms with E-state index in [9.17, 15) is 4.79 Å². The Labute approximate surface area is 144 Å². The normalized spacial score (nSPS) is 16.8. The van der Waals surface area contributed by atoms with Gasteiger partial charge in [0.25, 0.3) is 0 Å². The highest BCUT2D eigenvalue weighted by atomic mass is 79.9. The minimum absolute atomic E-state index is 0.210. The Kier molecular flexibility index (Phi) is 4.36. The van der Waals surface area contributed by atoms with E-state index in [2.05, 4.69) is 37.7 Å². The number of ether oxygens (including phenoxy) is 1. The lowest BCUT2D eigenvalue weighted by molar-refractivity contribution is 0.0190. The predicted octanol–water partition coefficient (Wildman–Crippen LogP) is 4.37. The standard InChI is InChI=1S/C17H22BrN3O2/c1-17(2,3)23-16(22)20-7-4-12(5-8-20)21-9-6-13-14(18)10-19-11-15(13)21/h6,9-12H,4-5,7-8H2,1-3H3. The van der Waals surface area contributed by atoms with Crippen LogP contribution in [-0.2, 0) is 4.74 Å². The van der Waals surface area contributed by atoms with Crippen molar-refractivity contribution >= 4 is 32.9 Å². The molecule has 1 fully saturated rings. The summed E-state index contributed by atoms with van der Waals surface area (Å²) >= 11 is 3.55. The Morgan fingerprint density at radius 2 is 2.00 bits per heavy atom. The van der Waals surface area contributed by atoms with Crippen molar-refractivity contribution in [2.45, 2.75) is 45.3 Å². The average molecular weight is 380 g/mol. The minimum Gasteiger partial charge on any atom is -0.444 e. The van der Waals surface area contributed by atoms with Crippen molar-refractivity contribution in [3.05, 3.63) is 29.1 Å². The molecule has 3 rings (SSSR count). The van der Waals surface area contributed by atoms with E-state index in [-0.39, 0.29) is 6.09 Å². The number of hydrogen-bond acceptors (Lipinski definition) is 3. The maximum absolute atomic E-state index is 12.1. The Bertz CT molecular complexity index is 712. The predicted molar refractivity (Wildman–Crippen MR) is 93.5 cm³/mol. The smallest absolute Gasteiger partial charge is 0.410 e. The molecule has 1 saturated heterocycles. The first kappa shape index (κ1) is 16.3. The average Bonchev–Trinajstić information content (AvgIpc) is 2.91. The SMILES string of the molecule is CC(C)(C)OC(=O)N1CCC(n2ccc3c(Br)cncc32)CC1. The summed E-state index contributed by atoms with van der Waals surface area (Å²) in [6.45, 7) is 7.14. The fourth-order valence-corrected chi connectivity index (χ4v) is 3.47. The molecule has 0 spiro atoms. The summed E-state index contributed by atoms with van der Waals surface area (Å²) in [5.41, 5.74) is 0.692. The Morgan fingerprint density at radius 1 is 1.30 bits per heavy atom. The van der Waals surface area contributed by atoms with Crippen LogP contribution in [0.5, 0.6) is 0 Å². The van der Waals surface area contributed by atoms with Crippen molar-refractivity contribution in [1.82, 2.24) is 14.5 Å². The summed E-state index contributed by atoms with van der Waals surface area (Å²) < 4.78 is 8.74. The summed E-state index contributed by atoms with van der Waals surface area (Å²) in [5, 5.41) is 1.18. The zero-order valence-corrected chi connectivity index (χ0v) is 15.3. The van der Waals surface area contributed by atoms with Crippen molar-refractivity contribution in [1.29, 1.82) is 0 Å². The molecule has 0 bridgehead atoms. The largest absolute Gasteiger partial charge is 0.444 e. The highest BCUT2D eigenvalue weighted by Gasteiger charge is 2.27. The number of pyridine rings is 1. The van der Waals surface area contributed by atoms with Crippen molar-refractivity contribution in [3.63, 3.8) is 0 Å². The van der Waals surface area contributed by atoms with Gasteiger partial charge in [-0.3, -0.25) is 4.98 Å². The number of aromatic nitrogens is 2. The number of hydrogen-bond donors (Lipinski definition) is 0. The number of halogens is 1.